The van der Waals surface area contributed by atoms with Crippen molar-refractivity contribution in [2.24, 2.45) is 7.05 Å². The number of aryl methyl sites for hydroxylation is 2. The highest BCUT2D eigenvalue weighted by Crippen LogP contribution is 2.23. The van der Waals surface area contributed by atoms with Gasteiger partial charge in [-0.15, -0.1) is 10.2 Å². The molecule has 3 aromatic rings. The quantitative estimate of drug-likeness (QED) is 0.496. The Morgan fingerprint density at radius 3 is 2.42 bits per heavy atom. The summed E-state index contributed by atoms with van der Waals surface area (Å²) in [6, 6.07) is 14.9. The zero-order chi connectivity index (χ0) is 22.2. The van der Waals surface area contributed by atoms with E-state index in [1.165, 1.54) is 11.8 Å². The summed E-state index contributed by atoms with van der Waals surface area (Å²) in [4.78, 5) is 24.6. The summed E-state index contributed by atoms with van der Waals surface area (Å²) in [7, 11) is 3.39. The van der Waals surface area contributed by atoms with Crippen LogP contribution in [0.2, 0.25) is 0 Å². The fraction of sp³-hybridized carbons (Fsp3) is 0.273. The smallest absolute Gasteiger partial charge is 0.234 e. The van der Waals surface area contributed by atoms with E-state index in [2.05, 4.69) is 20.8 Å². The van der Waals surface area contributed by atoms with Gasteiger partial charge in [0.25, 0.3) is 0 Å². The SMILES string of the molecule is COc1ccccc1NC(=O)CCc1nnc(SCC(=O)Nc2ccccc2C)n1C. The highest BCUT2D eigenvalue weighted by molar-refractivity contribution is 7.99. The Morgan fingerprint density at radius 2 is 1.68 bits per heavy atom. The number of ether oxygens (including phenoxy) is 1. The van der Waals surface area contributed by atoms with E-state index in [4.69, 9.17) is 4.74 Å². The van der Waals surface area contributed by atoms with Gasteiger partial charge in [0.15, 0.2) is 5.16 Å². The minimum absolute atomic E-state index is 0.111. The molecule has 0 spiro atoms. The van der Waals surface area contributed by atoms with Gasteiger partial charge in [0.2, 0.25) is 11.8 Å². The van der Waals surface area contributed by atoms with Crippen molar-refractivity contribution in [1.29, 1.82) is 0 Å². The van der Waals surface area contributed by atoms with Crippen LogP contribution in [-0.2, 0) is 23.1 Å². The standard InChI is InChI=1S/C22H25N5O3S/c1-15-8-4-5-9-16(15)23-21(29)14-31-22-26-25-19(27(22)2)12-13-20(28)24-17-10-6-7-11-18(17)30-3/h4-11H,12-14H2,1-3H3,(H,23,29)(H,24,28). The molecule has 0 aliphatic carbocycles. The highest BCUT2D eigenvalue weighted by Gasteiger charge is 2.14. The van der Waals surface area contributed by atoms with E-state index < -0.39 is 0 Å². The summed E-state index contributed by atoms with van der Waals surface area (Å²) in [5, 5.41) is 14.7. The lowest BCUT2D eigenvalue weighted by molar-refractivity contribution is -0.116. The number of nitrogens with zero attached hydrogens (tertiary/aromatic N) is 3. The molecule has 8 nitrogen and oxygen atoms in total. The van der Waals surface area contributed by atoms with E-state index in [0.29, 0.717) is 28.8 Å². The van der Waals surface area contributed by atoms with Crippen LogP contribution in [0.1, 0.15) is 17.8 Å². The summed E-state index contributed by atoms with van der Waals surface area (Å²) < 4.78 is 7.05. The van der Waals surface area contributed by atoms with Crippen molar-refractivity contribution in [2.45, 2.75) is 24.9 Å². The van der Waals surface area contributed by atoms with Crippen molar-refractivity contribution in [3.8, 4) is 5.75 Å². The molecule has 2 N–H and O–H groups in total. The van der Waals surface area contributed by atoms with Gasteiger partial charge in [-0.05, 0) is 30.7 Å². The average molecular weight is 440 g/mol. The summed E-state index contributed by atoms with van der Waals surface area (Å²) >= 11 is 1.30. The molecule has 162 valence electrons. The molecule has 0 aliphatic heterocycles. The van der Waals surface area contributed by atoms with Gasteiger partial charge in [0.1, 0.15) is 11.6 Å². The van der Waals surface area contributed by atoms with Gasteiger partial charge in [-0.2, -0.15) is 0 Å². The zero-order valence-corrected chi connectivity index (χ0v) is 18.5. The van der Waals surface area contributed by atoms with E-state index in [1.807, 2.05) is 54.9 Å². The Labute approximate surface area is 185 Å². The maximum Gasteiger partial charge on any atom is 0.234 e. The van der Waals surface area contributed by atoms with Crippen LogP contribution in [0, 0.1) is 6.92 Å². The van der Waals surface area contributed by atoms with Crippen molar-refractivity contribution in [2.75, 3.05) is 23.5 Å². The molecule has 0 saturated heterocycles. The van der Waals surface area contributed by atoms with Gasteiger partial charge in [0, 0.05) is 25.6 Å². The number of rotatable bonds is 9. The molecular formula is C22H25N5O3S. The van der Waals surface area contributed by atoms with E-state index in [-0.39, 0.29) is 24.0 Å². The normalized spacial score (nSPS) is 10.5. The van der Waals surface area contributed by atoms with Gasteiger partial charge >= 0.3 is 0 Å². The van der Waals surface area contributed by atoms with Gasteiger partial charge in [-0.3, -0.25) is 9.59 Å². The largest absolute Gasteiger partial charge is 0.495 e. The maximum absolute atomic E-state index is 12.3. The van der Waals surface area contributed by atoms with Gasteiger partial charge < -0.3 is 19.9 Å². The molecular weight excluding hydrogens is 414 g/mol. The number of hydrogen-bond donors (Lipinski definition) is 2. The molecule has 31 heavy (non-hydrogen) atoms. The minimum Gasteiger partial charge on any atom is -0.495 e. The number of benzene rings is 2. The van der Waals surface area contributed by atoms with E-state index in [0.717, 1.165) is 11.3 Å². The van der Waals surface area contributed by atoms with E-state index >= 15 is 0 Å². The lowest BCUT2D eigenvalue weighted by Gasteiger charge is -2.09. The Hall–Kier alpha value is -3.33. The number of anilines is 2. The van der Waals surface area contributed by atoms with Crippen molar-refractivity contribution >= 4 is 35.0 Å². The number of amides is 2. The number of carbonyl (C=O) groups excluding carboxylic acids is 2. The maximum atomic E-state index is 12.3. The first-order valence-electron chi connectivity index (χ1n) is 9.77. The molecule has 0 saturated carbocycles. The molecule has 0 bridgehead atoms. The molecule has 2 amide bonds. The van der Waals surface area contributed by atoms with Crippen molar-refractivity contribution < 1.29 is 14.3 Å². The number of carbonyl (C=O) groups is 2. The third-order valence-corrected chi connectivity index (χ3v) is 5.65. The summed E-state index contributed by atoms with van der Waals surface area (Å²) in [6.45, 7) is 1.95. The number of hydrogen-bond acceptors (Lipinski definition) is 6. The van der Waals surface area contributed by atoms with Crippen molar-refractivity contribution in [3.05, 3.63) is 59.9 Å². The van der Waals surface area contributed by atoms with Crippen LogP contribution in [0.3, 0.4) is 0 Å². The predicted molar refractivity (Wildman–Crippen MR) is 121 cm³/mol. The van der Waals surface area contributed by atoms with Crippen LogP contribution in [0.5, 0.6) is 5.75 Å². The minimum atomic E-state index is -0.140. The van der Waals surface area contributed by atoms with Crippen LogP contribution in [0.25, 0.3) is 0 Å². The molecule has 0 atom stereocenters. The van der Waals surface area contributed by atoms with Crippen molar-refractivity contribution in [3.63, 3.8) is 0 Å². The molecule has 3 rings (SSSR count). The fourth-order valence-corrected chi connectivity index (χ4v) is 3.63. The fourth-order valence-electron chi connectivity index (χ4n) is 2.90. The number of nitrogens with one attached hydrogen (secondary N) is 2. The summed E-state index contributed by atoms with van der Waals surface area (Å²) in [5.41, 5.74) is 2.44. The highest BCUT2D eigenvalue weighted by atomic mass is 32.2. The van der Waals surface area contributed by atoms with E-state index in [9.17, 15) is 9.59 Å². The third kappa shape index (κ3) is 6.08. The Bertz CT molecular complexity index is 1070. The second-order valence-electron chi connectivity index (χ2n) is 6.86. The molecule has 0 aliphatic rings. The number of thioether (sulfide) groups is 1. The number of methoxy groups -OCH3 is 1. The van der Waals surface area contributed by atoms with Crippen LogP contribution in [0.15, 0.2) is 53.7 Å². The van der Waals surface area contributed by atoms with Crippen LogP contribution in [-0.4, -0.2) is 39.4 Å². The lowest BCUT2D eigenvalue weighted by Crippen LogP contribution is -2.15. The molecule has 2 aromatic carbocycles. The first kappa shape index (κ1) is 22.4. The summed E-state index contributed by atoms with van der Waals surface area (Å²) in [6.07, 6.45) is 0.683. The zero-order valence-electron chi connectivity index (χ0n) is 17.7. The lowest BCUT2D eigenvalue weighted by atomic mass is 10.2. The molecule has 0 unspecified atom stereocenters. The Balaban J connectivity index is 1.50. The van der Waals surface area contributed by atoms with E-state index in [1.54, 1.807) is 19.2 Å². The molecule has 1 heterocycles. The average Bonchev–Trinajstić information content (AvgIpc) is 3.12. The Morgan fingerprint density at radius 1 is 1.00 bits per heavy atom. The third-order valence-electron chi connectivity index (χ3n) is 4.63. The van der Waals surface area contributed by atoms with Gasteiger partial charge in [-0.1, -0.05) is 42.1 Å². The topological polar surface area (TPSA) is 98.1 Å². The van der Waals surface area contributed by atoms with Gasteiger partial charge in [0.05, 0.1) is 18.6 Å². The van der Waals surface area contributed by atoms with Crippen LogP contribution < -0.4 is 15.4 Å². The van der Waals surface area contributed by atoms with Gasteiger partial charge in [-0.25, -0.2) is 0 Å². The molecule has 0 fully saturated rings. The molecule has 9 heteroatoms. The van der Waals surface area contributed by atoms with Crippen LogP contribution >= 0.6 is 11.8 Å². The second kappa shape index (κ2) is 10.6. The van der Waals surface area contributed by atoms with Crippen LogP contribution in [0.4, 0.5) is 11.4 Å². The number of para-hydroxylation sites is 3. The summed E-state index contributed by atoms with van der Waals surface area (Å²) in [5.74, 6) is 1.25. The first-order valence-corrected chi connectivity index (χ1v) is 10.8. The Kier molecular flexibility index (Phi) is 7.66. The first-order chi connectivity index (χ1) is 15.0. The monoisotopic (exact) mass is 439 g/mol. The molecule has 0 radical (unpaired) electrons. The van der Waals surface area contributed by atoms with Crippen molar-refractivity contribution in [1.82, 2.24) is 14.8 Å². The predicted octanol–water partition coefficient (Wildman–Crippen LogP) is 3.43. The second-order valence-corrected chi connectivity index (χ2v) is 7.80. The molecule has 1 aromatic heterocycles. The number of aromatic nitrogens is 3.